The third kappa shape index (κ3) is 2.46. The van der Waals surface area contributed by atoms with E-state index in [1.807, 2.05) is 0 Å². The van der Waals surface area contributed by atoms with Crippen molar-refractivity contribution in [3.8, 4) is 5.75 Å². The number of hydrogen-bond acceptors (Lipinski definition) is 3. The van der Waals surface area contributed by atoms with Crippen molar-refractivity contribution in [1.82, 2.24) is 0 Å². The summed E-state index contributed by atoms with van der Waals surface area (Å²) in [6.45, 7) is 0. The average Bonchev–Trinajstić information content (AvgIpc) is 1.88. The molecule has 5 heteroatoms. The predicted octanol–water partition coefficient (Wildman–Crippen LogP) is 1.30. The Kier molecular flexibility index (Phi) is 4.03. The zero-order valence-corrected chi connectivity index (χ0v) is 11.2. The van der Waals surface area contributed by atoms with E-state index in [-0.39, 0.29) is 39.1 Å². The Morgan fingerprint density at radius 3 is 2.27 bits per heavy atom. The second-order valence-electron chi connectivity index (χ2n) is 1.75. The van der Waals surface area contributed by atoms with Crippen LogP contribution in [0.4, 0.5) is 5.69 Å². The first-order valence-electron chi connectivity index (χ1n) is 2.64. The van der Waals surface area contributed by atoms with Crippen molar-refractivity contribution in [1.29, 1.82) is 0 Å². The van der Waals surface area contributed by atoms with Crippen LogP contribution >= 0.6 is 0 Å². The molecule has 1 N–H and O–H groups in total. The minimum absolute atomic E-state index is 0. The van der Waals surface area contributed by atoms with Gasteiger partial charge >= 0.3 is 5.69 Å². The van der Waals surface area contributed by atoms with Crippen molar-refractivity contribution >= 4 is 5.69 Å². The number of benzene rings is 1. The van der Waals surface area contributed by atoms with E-state index in [0.29, 0.717) is 0 Å². The minimum atomic E-state index is -0.630. The summed E-state index contributed by atoms with van der Waals surface area (Å²) in [5, 5.41) is 18.9. The van der Waals surface area contributed by atoms with Gasteiger partial charge in [-0.15, -0.1) is 0 Å². The van der Waals surface area contributed by atoms with Gasteiger partial charge in [0, 0.05) is 33.7 Å². The van der Waals surface area contributed by atoms with E-state index in [1.54, 1.807) is 0 Å². The molecule has 0 aliphatic rings. The number of phenols is 1. The van der Waals surface area contributed by atoms with Crippen LogP contribution in [0.2, 0.25) is 0 Å². The van der Waals surface area contributed by atoms with Gasteiger partial charge in [0.25, 0.3) is 0 Å². The number of rotatable bonds is 1. The first-order chi connectivity index (χ1) is 4.72. The second kappa shape index (κ2) is 4.28. The molecule has 0 bridgehead atoms. The number of nitro groups is 1. The fraction of sp³-hybridized carbons (Fsp3) is 0. The van der Waals surface area contributed by atoms with E-state index >= 15 is 0 Å². The maximum Gasteiger partial charge on any atom is 0.310 e. The topological polar surface area (TPSA) is 63.4 Å². The molecule has 0 fully saturated rings. The molecule has 0 aliphatic heterocycles. The van der Waals surface area contributed by atoms with Crippen LogP contribution in [-0.2, 0) is 27.7 Å². The van der Waals surface area contributed by atoms with E-state index < -0.39 is 4.92 Å². The van der Waals surface area contributed by atoms with Crippen molar-refractivity contribution in [3.63, 3.8) is 0 Å². The zero-order chi connectivity index (χ0) is 7.56. The van der Waals surface area contributed by atoms with Crippen LogP contribution in [0.15, 0.2) is 24.3 Å². The van der Waals surface area contributed by atoms with Gasteiger partial charge in [0.2, 0.25) is 0 Å². The number of phenolic OH excluding ortho intramolecular Hbond substituents is 1. The quantitative estimate of drug-likeness (QED) is 0.476. The van der Waals surface area contributed by atoms with Crippen LogP contribution in [0, 0.1) is 10.1 Å². The standard InChI is InChI=1S/C6H5NO3.Hg/c8-6-4-2-1-3-5(6)7(9)10;/h1-4,8H;. The molecule has 0 amide bonds. The van der Waals surface area contributed by atoms with Crippen LogP contribution in [-0.4, -0.2) is 10.0 Å². The SMILES string of the molecule is O=[N+]([O-])c1ccccc1O.[Hg]. The Labute approximate surface area is 83.5 Å². The Balaban J connectivity index is 0.000001000. The normalized spacial score (nSPS) is 8.36. The maximum absolute atomic E-state index is 10.1. The molecule has 1 aromatic carbocycles. The molecule has 0 saturated heterocycles. The molecule has 0 spiro atoms. The van der Waals surface area contributed by atoms with Gasteiger partial charge < -0.3 is 5.11 Å². The van der Waals surface area contributed by atoms with Crippen molar-refractivity contribution in [3.05, 3.63) is 34.4 Å². The molecular weight excluding hydrogens is 335 g/mol. The molecule has 4 nitrogen and oxygen atoms in total. The molecule has 0 aromatic heterocycles. The monoisotopic (exact) mass is 341 g/mol. The largest absolute Gasteiger partial charge is 0.502 e. The van der Waals surface area contributed by atoms with Crippen molar-refractivity contribution in [2.75, 3.05) is 0 Å². The van der Waals surface area contributed by atoms with E-state index in [0.717, 1.165) is 0 Å². The Hall–Kier alpha value is -0.645. The number of aromatic hydroxyl groups is 1. The van der Waals surface area contributed by atoms with Crippen LogP contribution in [0.1, 0.15) is 0 Å². The Bertz CT molecular complexity index is 264. The first kappa shape index (κ1) is 10.4. The Morgan fingerprint density at radius 2 is 1.91 bits per heavy atom. The van der Waals surface area contributed by atoms with Gasteiger partial charge in [-0.1, -0.05) is 12.1 Å². The molecule has 1 aromatic rings. The molecular formula is C6H5HgNO3. The summed E-state index contributed by atoms with van der Waals surface area (Å²) in [6, 6.07) is 5.55. The fourth-order valence-electron chi connectivity index (χ4n) is 0.619. The Morgan fingerprint density at radius 1 is 1.36 bits per heavy atom. The van der Waals surface area contributed by atoms with Crippen LogP contribution in [0.25, 0.3) is 0 Å². The molecule has 54 valence electrons. The number of para-hydroxylation sites is 2. The van der Waals surface area contributed by atoms with Gasteiger partial charge in [-0.05, 0) is 6.07 Å². The number of hydrogen-bond donors (Lipinski definition) is 1. The average molecular weight is 340 g/mol. The third-order valence-electron chi connectivity index (χ3n) is 1.08. The first-order valence-corrected chi connectivity index (χ1v) is 2.64. The van der Waals surface area contributed by atoms with Crippen LogP contribution < -0.4 is 0 Å². The number of nitro benzene ring substituents is 1. The third-order valence-corrected chi connectivity index (χ3v) is 1.08. The van der Waals surface area contributed by atoms with Gasteiger partial charge in [0.05, 0.1) is 4.92 Å². The smallest absolute Gasteiger partial charge is 0.310 e. The predicted molar refractivity (Wildman–Crippen MR) is 34.8 cm³/mol. The summed E-state index contributed by atoms with van der Waals surface area (Å²) < 4.78 is 0. The molecule has 0 heterocycles. The number of nitrogens with zero attached hydrogens (tertiary/aromatic N) is 1. The van der Waals surface area contributed by atoms with Crippen molar-refractivity contribution in [2.24, 2.45) is 0 Å². The van der Waals surface area contributed by atoms with Gasteiger partial charge in [0.1, 0.15) is 0 Å². The minimum Gasteiger partial charge on any atom is -0.502 e. The van der Waals surface area contributed by atoms with Crippen LogP contribution in [0.5, 0.6) is 5.75 Å². The summed E-state index contributed by atoms with van der Waals surface area (Å²) in [5.74, 6) is -0.299. The fourth-order valence-corrected chi connectivity index (χ4v) is 0.619. The van der Waals surface area contributed by atoms with Gasteiger partial charge in [-0.3, -0.25) is 10.1 Å². The molecule has 0 atom stereocenters. The summed E-state index contributed by atoms with van der Waals surface area (Å²) in [7, 11) is 0. The maximum atomic E-state index is 10.1. The summed E-state index contributed by atoms with van der Waals surface area (Å²) >= 11 is 0. The molecule has 0 saturated carbocycles. The molecule has 0 radical (unpaired) electrons. The van der Waals surface area contributed by atoms with E-state index in [2.05, 4.69) is 0 Å². The van der Waals surface area contributed by atoms with E-state index in [4.69, 9.17) is 5.11 Å². The molecule has 0 unspecified atom stereocenters. The zero-order valence-electron chi connectivity index (χ0n) is 5.73. The molecule has 11 heavy (non-hydrogen) atoms. The second-order valence-corrected chi connectivity index (χ2v) is 1.75. The summed E-state index contributed by atoms with van der Waals surface area (Å²) in [4.78, 5) is 9.44. The van der Waals surface area contributed by atoms with Crippen LogP contribution in [0.3, 0.4) is 0 Å². The van der Waals surface area contributed by atoms with Crippen molar-refractivity contribution in [2.45, 2.75) is 0 Å². The molecule has 0 aliphatic carbocycles. The van der Waals surface area contributed by atoms with E-state index in [9.17, 15) is 10.1 Å². The van der Waals surface area contributed by atoms with Gasteiger partial charge in [-0.2, -0.15) is 0 Å². The summed E-state index contributed by atoms with van der Waals surface area (Å²) in [6.07, 6.45) is 0. The molecule has 1 rings (SSSR count). The van der Waals surface area contributed by atoms with Gasteiger partial charge in [-0.25, -0.2) is 0 Å². The van der Waals surface area contributed by atoms with Gasteiger partial charge in [0.15, 0.2) is 5.75 Å². The van der Waals surface area contributed by atoms with Crippen molar-refractivity contribution < 1.29 is 37.7 Å². The van der Waals surface area contributed by atoms with E-state index in [1.165, 1.54) is 24.3 Å². The summed E-state index contributed by atoms with van der Waals surface area (Å²) in [5.41, 5.74) is -0.262.